The number of alkyl halides is 1. The van der Waals surface area contributed by atoms with E-state index in [1.165, 1.54) is 6.07 Å². The molecule has 0 amide bonds. The van der Waals surface area contributed by atoms with Gasteiger partial charge in [0.15, 0.2) is 0 Å². The van der Waals surface area contributed by atoms with Crippen molar-refractivity contribution < 1.29 is 4.39 Å². The molecule has 1 nitrogen and oxygen atoms in total. The third kappa shape index (κ3) is 3.93. The van der Waals surface area contributed by atoms with Gasteiger partial charge in [0.05, 0.1) is 5.38 Å². The number of benzene rings is 2. The van der Waals surface area contributed by atoms with Crippen LogP contribution in [0.5, 0.6) is 0 Å². The van der Waals surface area contributed by atoms with E-state index in [0.29, 0.717) is 23.7 Å². The fourth-order valence-electron chi connectivity index (χ4n) is 1.80. The van der Waals surface area contributed by atoms with Gasteiger partial charge >= 0.3 is 0 Å². The van der Waals surface area contributed by atoms with Crippen molar-refractivity contribution >= 4 is 23.2 Å². The van der Waals surface area contributed by atoms with Crippen LogP contribution in [0, 0.1) is 5.82 Å². The predicted octanol–water partition coefficient (Wildman–Crippen LogP) is 4.55. The van der Waals surface area contributed by atoms with Crippen LogP contribution in [0.15, 0.2) is 48.5 Å². The summed E-state index contributed by atoms with van der Waals surface area (Å²) in [6.45, 7) is 0.914. The number of rotatable bonds is 5. The fourth-order valence-corrected chi connectivity index (χ4v) is 2.29. The summed E-state index contributed by atoms with van der Waals surface area (Å²) in [6, 6.07) is 14.4. The van der Waals surface area contributed by atoms with Crippen molar-refractivity contribution in [3.8, 4) is 0 Å². The summed E-state index contributed by atoms with van der Waals surface area (Å²) < 4.78 is 13.5. The summed E-state index contributed by atoms with van der Waals surface area (Å²) in [6.07, 6.45) is 0. The molecule has 0 radical (unpaired) electrons. The van der Waals surface area contributed by atoms with Crippen molar-refractivity contribution in [2.45, 2.75) is 11.9 Å². The standard InChI is InChI=1S/C15H14Cl2FN/c16-13-7-4-8-15(18)12(13)9-19-10-14(17)11-5-2-1-3-6-11/h1-8,14,19H,9-10H2. The van der Waals surface area contributed by atoms with Crippen LogP contribution in [-0.4, -0.2) is 6.54 Å². The van der Waals surface area contributed by atoms with Gasteiger partial charge in [0.2, 0.25) is 0 Å². The van der Waals surface area contributed by atoms with Crippen molar-refractivity contribution in [3.05, 3.63) is 70.5 Å². The number of hydrogen-bond donors (Lipinski definition) is 1. The number of hydrogen-bond acceptors (Lipinski definition) is 1. The molecule has 0 saturated heterocycles. The van der Waals surface area contributed by atoms with Crippen LogP contribution in [0.4, 0.5) is 4.39 Å². The van der Waals surface area contributed by atoms with E-state index in [1.54, 1.807) is 12.1 Å². The van der Waals surface area contributed by atoms with E-state index in [9.17, 15) is 4.39 Å². The van der Waals surface area contributed by atoms with Gasteiger partial charge in [0.1, 0.15) is 5.82 Å². The lowest BCUT2D eigenvalue weighted by Crippen LogP contribution is -2.19. The average molecular weight is 298 g/mol. The molecule has 0 aliphatic carbocycles. The maximum Gasteiger partial charge on any atom is 0.129 e. The number of nitrogens with one attached hydrogen (secondary N) is 1. The van der Waals surface area contributed by atoms with Crippen LogP contribution in [-0.2, 0) is 6.54 Å². The molecular weight excluding hydrogens is 284 g/mol. The van der Waals surface area contributed by atoms with Gasteiger partial charge in [-0.1, -0.05) is 48.0 Å². The maximum absolute atomic E-state index is 13.5. The van der Waals surface area contributed by atoms with Gasteiger partial charge in [-0.25, -0.2) is 4.39 Å². The molecule has 0 spiro atoms. The monoisotopic (exact) mass is 297 g/mol. The van der Waals surface area contributed by atoms with E-state index in [-0.39, 0.29) is 11.2 Å². The molecule has 0 fully saturated rings. The summed E-state index contributed by atoms with van der Waals surface area (Å²) in [4.78, 5) is 0. The van der Waals surface area contributed by atoms with E-state index in [4.69, 9.17) is 23.2 Å². The minimum Gasteiger partial charge on any atom is -0.311 e. The molecule has 2 aromatic rings. The average Bonchev–Trinajstić information content (AvgIpc) is 2.43. The highest BCUT2D eigenvalue weighted by Gasteiger charge is 2.09. The van der Waals surface area contributed by atoms with Gasteiger partial charge in [-0.15, -0.1) is 11.6 Å². The molecule has 0 aliphatic rings. The molecule has 4 heteroatoms. The van der Waals surface area contributed by atoms with Crippen LogP contribution in [0.1, 0.15) is 16.5 Å². The second kappa shape index (κ2) is 6.90. The minimum atomic E-state index is -0.300. The SMILES string of the molecule is Fc1cccc(Cl)c1CNCC(Cl)c1ccccc1. The van der Waals surface area contributed by atoms with Gasteiger partial charge in [-0.2, -0.15) is 0 Å². The van der Waals surface area contributed by atoms with Crippen molar-refractivity contribution in [2.75, 3.05) is 6.54 Å². The van der Waals surface area contributed by atoms with E-state index in [1.807, 2.05) is 30.3 Å². The lowest BCUT2D eigenvalue weighted by molar-refractivity contribution is 0.586. The largest absolute Gasteiger partial charge is 0.311 e. The molecule has 2 rings (SSSR count). The zero-order chi connectivity index (χ0) is 13.7. The molecule has 0 aliphatic heterocycles. The van der Waals surface area contributed by atoms with Crippen molar-refractivity contribution in [1.82, 2.24) is 5.32 Å². The molecule has 2 aromatic carbocycles. The lowest BCUT2D eigenvalue weighted by atomic mass is 10.1. The molecule has 1 unspecified atom stereocenters. The number of halogens is 3. The van der Waals surface area contributed by atoms with Gasteiger partial charge in [0, 0.05) is 23.7 Å². The van der Waals surface area contributed by atoms with E-state index < -0.39 is 0 Å². The Morgan fingerprint density at radius 3 is 2.47 bits per heavy atom. The molecule has 0 aromatic heterocycles. The van der Waals surface area contributed by atoms with Crippen LogP contribution >= 0.6 is 23.2 Å². The first-order valence-electron chi connectivity index (χ1n) is 6.01. The van der Waals surface area contributed by atoms with Crippen LogP contribution < -0.4 is 5.32 Å². The first kappa shape index (κ1) is 14.3. The second-order valence-electron chi connectivity index (χ2n) is 4.21. The maximum atomic E-state index is 13.5. The molecule has 19 heavy (non-hydrogen) atoms. The van der Waals surface area contributed by atoms with E-state index in [0.717, 1.165) is 5.56 Å². The summed E-state index contributed by atoms with van der Waals surface area (Å²) in [5.74, 6) is -0.300. The first-order valence-corrected chi connectivity index (χ1v) is 6.82. The Hall–Kier alpha value is -1.09. The van der Waals surface area contributed by atoms with Crippen molar-refractivity contribution in [1.29, 1.82) is 0 Å². The highest BCUT2D eigenvalue weighted by Crippen LogP contribution is 2.21. The van der Waals surface area contributed by atoms with Crippen LogP contribution in [0.2, 0.25) is 5.02 Å². The normalized spacial score (nSPS) is 12.4. The van der Waals surface area contributed by atoms with Gasteiger partial charge < -0.3 is 5.32 Å². The quantitative estimate of drug-likeness (QED) is 0.799. The van der Waals surface area contributed by atoms with Gasteiger partial charge in [-0.3, -0.25) is 0 Å². The molecule has 1 N–H and O–H groups in total. The summed E-state index contributed by atoms with van der Waals surface area (Å²) in [5, 5.41) is 3.41. The Labute approximate surface area is 122 Å². The summed E-state index contributed by atoms with van der Waals surface area (Å²) in [7, 11) is 0. The molecular formula is C15H14Cl2FN. The van der Waals surface area contributed by atoms with Crippen molar-refractivity contribution in [3.63, 3.8) is 0 Å². The molecule has 0 bridgehead atoms. The molecule has 100 valence electrons. The third-order valence-corrected chi connectivity index (χ3v) is 3.61. The molecule has 0 saturated carbocycles. The molecule has 0 heterocycles. The van der Waals surface area contributed by atoms with E-state index in [2.05, 4.69) is 5.32 Å². The summed E-state index contributed by atoms with van der Waals surface area (Å²) >= 11 is 12.2. The minimum absolute atomic E-state index is 0.147. The first-order chi connectivity index (χ1) is 9.18. The Bertz CT molecular complexity index is 511. The smallest absolute Gasteiger partial charge is 0.129 e. The second-order valence-corrected chi connectivity index (χ2v) is 5.14. The Kier molecular flexibility index (Phi) is 5.20. The van der Waals surface area contributed by atoms with Gasteiger partial charge in [0.25, 0.3) is 0 Å². The van der Waals surface area contributed by atoms with Crippen LogP contribution in [0.3, 0.4) is 0 Å². The highest BCUT2D eigenvalue weighted by atomic mass is 35.5. The zero-order valence-electron chi connectivity index (χ0n) is 10.2. The lowest BCUT2D eigenvalue weighted by Gasteiger charge is -2.12. The topological polar surface area (TPSA) is 12.0 Å². The highest BCUT2D eigenvalue weighted by molar-refractivity contribution is 6.31. The predicted molar refractivity (Wildman–Crippen MR) is 78.2 cm³/mol. The Morgan fingerprint density at radius 1 is 1.05 bits per heavy atom. The van der Waals surface area contributed by atoms with Crippen molar-refractivity contribution in [2.24, 2.45) is 0 Å². The fraction of sp³-hybridized carbons (Fsp3) is 0.200. The Balaban J connectivity index is 1.90. The van der Waals surface area contributed by atoms with Crippen LogP contribution in [0.25, 0.3) is 0 Å². The summed E-state index contributed by atoms with van der Waals surface area (Å²) in [5.41, 5.74) is 1.51. The zero-order valence-corrected chi connectivity index (χ0v) is 11.8. The molecule has 1 atom stereocenters. The van der Waals surface area contributed by atoms with Gasteiger partial charge in [-0.05, 0) is 17.7 Å². The third-order valence-electron chi connectivity index (χ3n) is 2.85. The van der Waals surface area contributed by atoms with E-state index >= 15 is 0 Å². The Morgan fingerprint density at radius 2 is 1.79 bits per heavy atom.